The molecule has 0 aliphatic rings. The molecule has 0 atom stereocenters. The Morgan fingerprint density at radius 3 is 2.55 bits per heavy atom. The molecule has 0 amide bonds. The van der Waals surface area contributed by atoms with Gasteiger partial charge in [-0.15, -0.1) is 0 Å². The second-order valence-corrected chi connectivity index (χ2v) is 7.13. The van der Waals surface area contributed by atoms with Crippen LogP contribution in [0.1, 0.15) is 12.0 Å². The van der Waals surface area contributed by atoms with Crippen molar-refractivity contribution in [2.24, 2.45) is 0 Å². The van der Waals surface area contributed by atoms with E-state index in [-0.39, 0.29) is 5.56 Å². The molecule has 0 aliphatic heterocycles. The van der Waals surface area contributed by atoms with E-state index in [0.717, 1.165) is 18.5 Å². The van der Waals surface area contributed by atoms with Crippen molar-refractivity contribution in [3.8, 4) is 5.69 Å². The Labute approximate surface area is 169 Å². The molecule has 0 saturated heterocycles. The summed E-state index contributed by atoms with van der Waals surface area (Å²) < 4.78 is 1.68. The summed E-state index contributed by atoms with van der Waals surface area (Å²) in [5.74, 6) is 0.461. The summed E-state index contributed by atoms with van der Waals surface area (Å²) in [6.45, 7) is 0.712. The minimum absolute atomic E-state index is 0.195. The molecule has 2 aromatic carbocycles. The van der Waals surface area contributed by atoms with Crippen molar-refractivity contribution in [2.45, 2.75) is 12.8 Å². The maximum Gasteiger partial charge on any atom is 0.263 e. The normalized spacial score (nSPS) is 11.0. The van der Waals surface area contributed by atoms with Gasteiger partial charge >= 0.3 is 0 Å². The maximum absolute atomic E-state index is 12.4. The summed E-state index contributed by atoms with van der Waals surface area (Å²) in [6.07, 6.45) is 3.44. The minimum atomic E-state index is -0.195. The van der Waals surface area contributed by atoms with Crippen molar-refractivity contribution < 1.29 is 0 Å². The van der Waals surface area contributed by atoms with Crippen molar-refractivity contribution in [3.05, 3.63) is 76.7 Å². The number of hydrogen-bond donors (Lipinski definition) is 2. The van der Waals surface area contributed by atoms with E-state index in [9.17, 15) is 4.79 Å². The first-order valence-corrected chi connectivity index (χ1v) is 9.65. The van der Waals surface area contributed by atoms with Crippen molar-refractivity contribution >= 4 is 22.7 Å². The van der Waals surface area contributed by atoms with Gasteiger partial charge in [-0.3, -0.25) is 9.78 Å². The predicted octanol–water partition coefficient (Wildman–Crippen LogP) is 3.22. The Hall–Kier alpha value is -3.61. The fraction of sp³-hybridized carbons (Fsp3) is 0.227. The summed E-state index contributed by atoms with van der Waals surface area (Å²) in [5.41, 5.74) is 3.70. The molecule has 0 fully saturated rings. The average Bonchev–Trinajstić information content (AvgIpc) is 3.17. The van der Waals surface area contributed by atoms with E-state index >= 15 is 0 Å². The molecular formula is C22H24N6O. The van der Waals surface area contributed by atoms with Crippen LogP contribution in [0.5, 0.6) is 0 Å². The first kappa shape index (κ1) is 18.7. The number of nitrogens with zero attached hydrogens (tertiary/aromatic N) is 4. The van der Waals surface area contributed by atoms with Crippen LogP contribution in [0.15, 0.2) is 65.6 Å². The van der Waals surface area contributed by atoms with Gasteiger partial charge in [-0.25, -0.2) is 4.68 Å². The van der Waals surface area contributed by atoms with Crippen molar-refractivity contribution in [3.63, 3.8) is 0 Å². The molecule has 4 aromatic rings. The number of hydrogen-bond acceptors (Lipinski definition) is 5. The number of anilines is 2. The molecule has 0 unspecified atom stereocenters. The van der Waals surface area contributed by atoms with E-state index in [1.165, 1.54) is 11.3 Å². The standard InChI is InChI=1S/C22H24N6O/c1-27(2)17-12-10-16(11-13-17)7-6-14-23-22-25-20-19(21(29)26-22)15-24-28(20)18-8-4-3-5-9-18/h3-5,8-13,15H,6-7,14H2,1-2H3,(H2,23,25,26,29). The minimum Gasteiger partial charge on any atom is -0.378 e. The molecule has 2 aromatic heterocycles. The number of nitrogens with one attached hydrogen (secondary N) is 2. The highest BCUT2D eigenvalue weighted by Gasteiger charge is 2.11. The Kier molecular flexibility index (Phi) is 5.29. The lowest BCUT2D eigenvalue weighted by Crippen LogP contribution is -2.14. The van der Waals surface area contributed by atoms with Gasteiger partial charge in [0.1, 0.15) is 5.39 Å². The Balaban J connectivity index is 1.44. The summed E-state index contributed by atoms with van der Waals surface area (Å²) >= 11 is 0. The van der Waals surface area contributed by atoms with E-state index in [1.54, 1.807) is 10.9 Å². The number of rotatable bonds is 7. The fourth-order valence-corrected chi connectivity index (χ4v) is 3.22. The zero-order chi connectivity index (χ0) is 20.2. The third kappa shape index (κ3) is 4.13. The number of H-pyrrole nitrogens is 1. The van der Waals surface area contributed by atoms with E-state index < -0.39 is 0 Å². The van der Waals surface area contributed by atoms with Gasteiger partial charge in [-0.2, -0.15) is 10.1 Å². The van der Waals surface area contributed by atoms with Crippen LogP contribution in [0.25, 0.3) is 16.7 Å². The molecule has 0 saturated carbocycles. The zero-order valence-electron chi connectivity index (χ0n) is 16.6. The molecule has 0 radical (unpaired) electrons. The summed E-state index contributed by atoms with van der Waals surface area (Å²) in [5, 5.41) is 8.03. The predicted molar refractivity (Wildman–Crippen MR) is 117 cm³/mol. The van der Waals surface area contributed by atoms with Crippen LogP contribution in [0, 0.1) is 0 Å². The number of benzene rings is 2. The molecule has 7 heteroatoms. The zero-order valence-corrected chi connectivity index (χ0v) is 16.6. The van der Waals surface area contributed by atoms with Gasteiger partial charge in [0.25, 0.3) is 5.56 Å². The van der Waals surface area contributed by atoms with Crippen LogP contribution in [0.3, 0.4) is 0 Å². The van der Waals surface area contributed by atoms with Crippen LogP contribution in [-0.4, -0.2) is 40.4 Å². The Morgan fingerprint density at radius 1 is 1.07 bits per heavy atom. The first-order chi connectivity index (χ1) is 14.1. The van der Waals surface area contributed by atoms with Crippen LogP contribution >= 0.6 is 0 Å². The summed E-state index contributed by atoms with van der Waals surface area (Å²) in [6, 6.07) is 18.2. The number of aromatic nitrogens is 4. The monoisotopic (exact) mass is 388 g/mol. The Morgan fingerprint density at radius 2 is 1.83 bits per heavy atom. The average molecular weight is 388 g/mol. The molecule has 0 spiro atoms. The van der Waals surface area contributed by atoms with Gasteiger partial charge in [-0.05, 0) is 42.7 Å². The third-order valence-corrected chi connectivity index (χ3v) is 4.83. The SMILES string of the molecule is CN(C)c1ccc(CCCNc2nc3c(cnn3-c3ccccc3)c(=O)[nH]2)cc1. The lowest BCUT2D eigenvalue weighted by atomic mass is 10.1. The third-order valence-electron chi connectivity index (χ3n) is 4.83. The van der Waals surface area contributed by atoms with Crippen molar-refractivity contribution in [2.75, 3.05) is 30.9 Å². The van der Waals surface area contributed by atoms with Gasteiger partial charge in [-0.1, -0.05) is 30.3 Å². The van der Waals surface area contributed by atoms with E-state index in [2.05, 4.69) is 49.5 Å². The molecular weight excluding hydrogens is 364 g/mol. The molecule has 0 aliphatic carbocycles. The van der Waals surface area contributed by atoms with Crippen molar-refractivity contribution in [1.29, 1.82) is 0 Å². The second-order valence-electron chi connectivity index (χ2n) is 7.13. The highest BCUT2D eigenvalue weighted by molar-refractivity contribution is 5.76. The van der Waals surface area contributed by atoms with Crippen LogP contribution in [-0.2, 0) is 6.42 Å². The van der Waals surface area contributed by atoms with E-state index in [1.807, 2.05) is 44.4 Å². The molecule has 7 nitrogen and oxygen atoms in total. The summed E-state index contributed by atoms with van der Waals surface area (Å²) in [4.78, 5) is 21.9. The molecule has 29 heavy (non-hydrogen) atoms. The molecule has 4 rings (SSSR count). The van der Waals surface area contributed by atoms with Gasteiger partial charge in [0.15, 0.2) is 5.65 Å². The highest BCUT2D eigenvalue weighted by Crippen LogP contribution is 2.15. The molecule has 2 heterocycles. The topological polar surface area (TPSA) is 78.8 Å². The smallest absolute Gasteiger partial charge is 0.263 e. The lowest BCUT2D eigenvalue weighted by molar-refractivity contribution is 0.849. The first-order valence-electron chi connectivity index (χ1n) is 9.65. The van der Waals surface area contributed by atoms with E-state index in [4.69, 9.17) is 0 Å². The Bertz CT molecular complexity index is 1150. The second kappa shape index (κ2) is 8.18. The highest BCUT2D eigenvalue weighted by atomic mass is 16.1. The number of aryl methyl sites for hydroxylation is 1. The number of fused-ring (bicyclic) bond motifs is 1. The largest absolute Gasteiger partial charge is 0.378 e. The molecule has 0 bridgehead atoms. The van der Waals surface area contributed by atoms with Gasteiger partial charge in [0.2, 0.25) is 5.95 Å². The van der Waals surface area contributed by atoms with Crippen LogP contribution < -0.4 is 15.8 Å². The van der Waals surface area contributed by atoms with Gasteiger partial charge in [0, 0.05) is 26.3 Å². The molecule has 2 N–H and O–H groups in total. The molecule has 148 valence electrons. The summed E-state index contributed by atoms with van der Waals surface area (Å²) in [7, 11) is 4.07. The van der Waals surface area contributed by atoms with Crippen LogP contribution in [0.2, 0.25) is 0 Å². The lowest BCUT2D eigenvalue weighted by Gasteiger charge is -2.12. The number of para-hydroxylation sites is 1. The van der Waals surface area contributed by atoms with Gasteiger partial charge in [0.05, 0.1) is 11.9 Å². The fourth-order valence-electron chi connectivity index (χ4n) is 3.22. The van der Waals surface area contributed by atoms with Gasteiger partial charge < -0.3 is 10.2 Å². The van der Waals surface area contributed by atoms with Crippen molar-refractivity contribution in [1.82, 2.24) is 19.7 Å². The number of aromatic amines is 1. The van der Waals surface area contributed by atoms with E-state index in [0.29, 0.717) is 23.5 Å². The maximum atomic E-state index is 12.4. The quantitative estimate of drug-likeness (QED) is 0.475. The van der Waals surface area contributed by atoms with Crippen LogP contribution in [0.4, 0.5) is 11.6 Å².